The Balaban J connectivity index is 2.86. The second kappa shape index (κ2) is 7.20. The fourth-order valence-corrected chi connectivity index (χ4v) is 2.06. The molecule has 1 rings (SSSR count). The Hall–Kier alpha value is -1.68. The average molecular weight is 276 g/mol. The number of Topliss-reactive ketones (excluding diaryl/α,β-unsaturated/α-hetero) is 1. The van der Waals surface area contributed by atoms with Crippen molar-refractivity contribution in [2.75, 3.05) is 7.05 Å². The maximum absolute atomic E-state index is 12.3. The molecule has 1 aromatic carbocycles. The van der Waals surface area contributed by atoms with Crippen LogP contribution in [0.25, 0.3) is 0 Å². The van der Waals surface area contributed by atoms with Crippen LogP contribution in [-0.2, 0) is 16.0 Å². The van der Waals surface area contributed by atoms with Crippen LogP contribution in [0.3, 0.4) is 0 Å². The van der Waals surface area contributed by atoms with E-state index in [-0.39, 0.29) is 17.6 Å². The first-order chi connectivity index (χ1) is 9.34. The van der Waals surface area contributed by atoms with Gasteiger partial charge in [0.15, 0.2) is 5.78 Å². The van der Waals surface area contributed by atoms with Gasteiger partial charge in [0.05, 0.1) is 12.1 Å². The second-order valence-electron chi connectivity index (χ2n) is 5.54. The first kappa shape index (κ1) is 16.4. The van der Waals surface area contributed by atoms with Crippen molar-refractivity contribution < 1.29 is 9.59 Å². The second-order valence-corrected chi connectivity index (χ2v) is 5.54. The van der Waals surface area contributed by atoms with E-state index >= 15 is 0 Å². The fraction of sp³-hybridized carbons (Fsp3) is 0.500. The predicted octanol–water partition coefficient (Wildman–Crippen LogP) is 1.63. The molecule has 1 aromatic rings. The molecule has 0 fully saturated rings. The highest BCUT2D eigenvalue weighted by Crippen LogP contribution is 2.12. The van der Waals surface area contributed by atoms with Crippen LogP contribution >= 0.6 is 0 Å². The lowest BCUT2D eigenvalue weighted by atomic mass is 9.99. The molecule has 4 heteroatoms. The van der Waals surface area contributed by atoms with Crippen molar-refractivity contribution in [1.82, 2.24) is 4.90 Å². The third-order valence-corrected chi connectivity index (χ3v) is 3.56. The number of hydrogen-bond donors (Lipinski definition) is 1. The van der Waals surface area contributed by atoms with Crippen molar-refractivity contribution in [2.45, 2.75) is 39.3 Å². The molecule has 0 spiro atoms. The van der Waals surface area contributed by atoms with E-state index in [9.17, 15) is 9.59 Å². The first-order valence-corrected chi connectivity index (χ1v) is 6.91. The molecule has 0 saturated carbocycles. The number of rotatable bonds is 6. The number of amides is 1. The first-order valence-electron chi connectivity index (χ1n) is 6.91. The Morgan fingerprint density at radius 1 is 1.20 bits per heavy atom. The molecule has 0 radical (unpaired) electrons. The summed E-state index contributed by atoms with van der Waals surface area (Å²) in [6, 6.07) is 8.65. The van der Waals surface area contributed by atoms with Crippen LogP contribution in [0.4, 0.5) is 0 Å². The largest absolute Gasteiger partial charge is 0.334 e. The molecule has 4 nitrogen and oxygen atoms in total. The molecule has 0 aliphatic rings. The van der Waals surface area contributed by atoms with E-state index in [2.05, 4.69) is 0 Å². The SMILES string of the molecule is CC(=O)C(Cc1ccccc1)N(C)C(=O)[C@@H](N)C(C)C. The van der Waals surface area contributed by atoms with Crippen LogP contribution in [0.2, 0.25) is 0 Å². The molecule has 0 aliphatic carbocycles. The maximum atomic E-state index is 12.3. The van der Waals surface area contributed by atoms with Crippen LogP contribution < -0.4 is 5.73 Å². The Kier molecular flexibility index (Phi) is 5.89. The Bertz CT molecular complexity index is 457. The smallest absolute Gasteiger partial charge is 0.240 e. The van der Waals surface area contributed by atoms with Gasteiger partial charge in [0, 0.05) is 7.05 Å². The molecule has 0 aromatic heterocycles. The number of hydrogen-bond acceptors (Lipinski definition) is 3. The van der Waals surface area contributed by atoms with Crippen molar-refractivity contribution in [3.05, 3.63) is 35.9 Å². The summed E-state index contributed by atoms with van der Waals surface area (Å²) in [7, 11) is 1.65. The Morgan fingerprint density at radius 3 is 2.20 bits per heavy atom. The summed E-state index contributed by atoms with van der Waals surface area (Å²) in [4.78, 5) is 25.6. The molecule has 110 valence electrons. The van der Waals surface area contributed by atoms with Gasteiger partial charge in [-0.25, -0.2) is 0 Å². The molecule has 20 heavy (non-hydrogen) atoms. The van der Waals surface area contributed by atoms with Gasteiger partial charge >= 0.3 is 0 Å². The van der Waals surface area contributed by atoms with E-state index in [4.69, 9.17) is 5.73 Å². The number of carbonyl (C=O) groups excluding carboxylic acids is 2. The number of likely N-dealkylation sites (N-methyl/N-ethyl adjacent to an activating group) is 1. The normalized spacial score (nSPS) is 13.9. The minimum Gasteiger partial charge on any atom is -0.334 e. The molecular weight excluding hydrogens is 252 g/mol. The molecule has 2 N–H and O–H groups in total. The van der Waals surface area contributed by atoms with Crippen molar-refractivity contribution in [3.8, 4) is 0 Å². The van der Waals surface area contributed by atoms with Gasteiger partial charge in [-0.1, -0.05) is 44.2 Å². The minimum atomic E-state index is -0.572. The molecule has 0 aliphatic heterocycles. The lowest BCUT2D eigenvalue weighted by molar-refractivity contribution is -0.139. The summed E-state index contributed by atoms with van der Waals surface area (Å²) in [6.45, 7) is 5.31. The van der Waals surface area contributed by atoms with Crippen LogP contribution in [-0.4, -0.2) is 35.7 Å². The molecule has 0 saturated heterocycles. The average Bonchev–Trinajstić information content (AvgIpc) is 2.43. The van der Waals surface area contributed by atoms with Gasteiger partial charge < -0.3 is 10.6 Å². The number of benzene rings is 1. The molecule has 0 heterocycles. The van der Waals surface area contributed by atoms with Crippen LogP contribution in [0.5, 0.6) is 0 Å². The summed E-state index contributed by atoms with van der Waals surface area (Å²) in [5.74, 6) is -0.161. The lowest BCUT2D eigenvalue weighted by Gasteiger charge is -2.29. The van der Waals surface area contributed by atoms with Crippen LogP contribution in [0.1, 0.15) is 26.3 Å². The van der Waals surface area contributed by atoms with Crippen molar-refractivity contribution in [1.29, 1.82) is 0 Å². The van der Waals surface area contributed by atoms with Gasteiger partial charge in [-0.2, -0.15) is 0 Å². The molecule has 1 unspecified atom stereocenters. The van der Waals surface area contributed by atoms with Gasteiger partial charge in [0.2, 0.25) is 5.91 Å². The zero-order valence-corrected chi connectivity index (χ0v) is 12.7. The van der Waals surface area contributed by atoms with Gasteiger partial charge in [-0.15, -0.1) is 0 Å². The number of carbonyl (C=O) groups is 2. The fourth-order valence-electron chi connectivity index (χ4n) is 2.06. The Labute approximate surface area is 121 Å². The van der Waals surface area contributed by atoms with Crippen molar-refractivity contribution in [2.24, 2.45) is 11.7 Å². The predicted molar refractivity (Wildman–Crippen MR) is 80.2 cm³/mol. The zero-order valence-electron chi connectivity index (χ0n) is 12.7. The number of ketones is 1. The van der Waals surface area contributed by atoms with Crippen molar-refractivity contribution in [3.63, 3.8) is 0 Å². The van der Waals surface area contributed by atoms with Crippen molar-refractivity contribution >= 4 is 11.7 Å². The van der Waals surface area contributed by atoms with E-state index in [1.54, 1.807) is 7.05 Å². The topological polar surface area (TPSA) is 63.4 Å². The third kappa shape index (κ3) is 4.17. The standard InChI is InChI=1S/C16H24N2O2/c1-11(2)15(17)16(20)18(4)14(12(3)19)10-13-8-6-5-7-9-13/h5-9,11,14-15H,10,17H2,1-4H3/t14?,15-/m0/s1. The van der Waals surface area contributed by atoms with E-state index in [0.29, 0.717) is 6.42 Å². The highest BCUT2D eigenvalue weighted by atomic mass is 16.2. The summed E-state index contributed by atoms with van der Waals surface area (Å²) in [6.07, 6.45) is 0.517. The highest BCUT2D eigenvalue weighted by molar-refractivity contribution is 5.89. The minimum absolute atomic E-state index is 0.0272. The van der Waals surface area contributed by atoms with Crippen LogP contribution in [0, 0.1) is 5.92 Å². The van der Waals surface area contributed by atoms with Gasteiger partial charge in [-0.05, 0) is 24.8 Å². The Morgan fingerprint density at radius 2 is 1.75 bits per heavy atom. The number of nitrogens with zero attached hydrogens (tertiary/aromatic N) is 1. The van der Waals surface area contributed by atoms with E-state index < -0.39 is 12.1 Å². The molecule has 0 bridgehead atoms. The van der Waals surface area contributed by atoms with E-state index in [0.717, 1.165) is 5.56 Å². The third-order valence-electron chi connectivity index (χ3n) is 3.56. The van der Waals surface area contributed by atoms with Crippen LogP contribution in [0.15, 0.2) is 30.3 Å². The van der Waals surface area contributed by atoms with E-state index in [1.807, 2.05) is 44.2 Å². The monoisotopic (exact) mass is 276 g/mol. The summed E-state index contributed by atoms with van der Waals surface area (Å²) >= 11 is 0. The summed E-state index contributed by atoms with van der Waals surface area (Å²) in [5.41, 5.74) is 6.92. The summed E-state index contributed by atoms with van der Waals surface area (Å²) < 4.78 is 0. The van der Waals surface area contributed by atoms with Gasteiger partial charge in [-0.3, -0.25) is 9.59 Å². The molecule has 2 atom stereocenters. The van der Waals surface area contributed by atoms with Gasteiger partial charge in [0.25, 0.3) is 0 Å². The maximum Gasteiger partial charge on any atom is 0.240 e. The number of nitrogens with two attached hydrogens (primary N) is 1. The lowest BCUT2D eigenvalue weighted by Crippen LogP contribution is -2.51. The highest BCUT2D eigenvalue weighted by Gasteiger charge is 2.28. The summed E-state index contributed by atoms with van der Waals surface area (Å²) in [5, 5.41) is 0. The van der Waals surface area contributed by atoms with E-state index in [1.165, 1.54) is 11.8 Å². The quantitative estimate of drug-likeness (QED) is 0.859. The molecule has 1 amide bonds. The molecular formula is C16H24N2O2. The van der Waals surface area contributed by atoms with Gasteiger partial charge in [0.1, 0.15) is 0 Å². The zero-order chi connectivity index (χ0) is 15.3.